The van der Waals surface area contributed by atoms with Crippen molar-refractivity contribution in [1.29, 1.82) is 0 Å². The Bertz CT molecular complexity index is 1500. The predicted molar refractivity (Wildman–Crippen MR) is 157 cm³/mol. The van der Waals surface area contributed by atoms with E-state index in [2.05, 4.69) is 10.6 Å². The summed E-state index contributed by atoms with van der Waals surface area (Å²) >= 11 is 0. The number of para-hydroxylation sites is 2. The largest absolute Gasteiger partial charge is 0.507 e. The molecule has 1 fully saturated rings. The van der Waals surface area contributed by atoms with Gasteiger partial charge in [0.25, 0.3) is 0 Å². The van der Waals surface area contributed by atoms with Gasteiger partial charge in [-0.15, -0.1) is 0 Å². The summed E-state index contributed by atoms with van der Waals surface area (Å²) in [5, 5.41) is 29.2. The first-order valence-corrected chi connectivity index (χ1v) is 14.0. The molecule has 1 saturated carbocycles. The molecule has 0 saturated heterocycles. The van der Waals surface area contributed by atoms with Crippen molar-refractivity contribution in [1.82, 2.24) is 10.6 Å². The van der Waals surface area contributed by atoms with Crippen LogP contribution in [0.25, 0.3) is 22.3 Å². The average Bonchev–Trinajstić information content (AvgIpc) is 2.97. The molecule has 0 spiro atoms. The maximum atomic E-state index is 13.6. The molecule has 0 aromatic heterocycles. The van der Waals surface area contributed by atoms with Crippen molar-refractivity contribution in [3.63, 3.8) is 0 Å². The van der Waals surface area contributed by atoms with Gasteiger partial charge in [-0.1, -0.05) is 91.7 Å². The number of aromatic hydroxyl groups is 2. The van der Waals surface area contributed by atoms with Gasteiger partial charge in [0.05, 0.1) is 5.56 Å². The molecule has 5 rings (SSSR count). The third-order valence-electron chi connectivity index (χ3n) is 8.07. The van der Waals surface area contributed by atoms with Gasteiger partial charge in [0, 0.05) is 47.4 Å². The lowest BCUT2D eigenvalue weighted by Crippen LogP contribution is -2.49. The summed E-state index contributed by atoms with van der Waals surface area (Å²) in [5.74, 6) is 0.130. The molecule has 1 aliphatic rings. The minimum absolute atomic E-state index is 0.0377. The Morgan fingerprint density at radius 3 is 1.63 bits per heavy atom. The summed E-state index contributed by atoms with van der Waals surface area (Å²) in [5.41, 5.74) is 3.64. The van der Waals surface area contributed by atoms with E-state index in [-0.39, 0.29) is 34.7 Å². The molecular formula is C34H35F3N2O2. The number of benzene rings is 4. The van der Waals surface area contributed by atoms with Gasteiger partial charge in [0.2, 0.25) is 0 Å². The fraction of sp³-hybridized carbons (Fsp3) is 0.294. The van der Waals surface area contributed by atoms with Crippen LogP contribution in [0.2, 0.25) is 0 Å². The van der Waals surface area contributed by atoms with Crippen LogP contribution >= 0.6 is 0 Å². The standard InChI is InChI=1S/C34H35F3N2O2/c1-22-10-2-3-13-25(22)27-15-8-11-23(32(27)40)20-38-30-18-6-7-19-31(30)39-21-24-12-9-16-28(33(24)41)26-14-4-5-17-29(26)34(35,36)37/h2-5,8-17,30-31,38-41H,6-7,18-21H2,1H3/t30?,31-/m0/s1. The summed E-state index contributed by atoms with van der Waals surface area (Å²) in [4.78, 5) is 0. The molecule has 4 aromatic carbocycles. The lowest BCUT2D eigenvalue weighted by Gasteiger charge is -2.33. The van der Waals surface area contributed by atoms with Crippen molar-refractivity contribution in [3.05, 3.63) is 107 Å². The van der Waals surface area contributed by atoms with Gasteiger partial charge in [-0.3, -0.25) is 0 Å². The highest BCUT2D eigenvalue weighted by molar-refractivity contribution is 5.75. The number of rotatable bonds is 8. The number of hydrogen-bond donors (Lipinski definition) is 4. The minimum atomic E-state index is -4.52. The maximum Gasteiger partial charge on any atom is 0.417 e. The van der Waals surface area contributed by atoms with Crippen LogP contribution in [0.1, 0.15) is 47.9 Å². The summed E-state index contributed by atoms with van der Waals surface area (Å²) in [6.07, 6.45) is -0.480. The second-order valence-corrected chi connectivity index (χ2v) is 10.7. The van der Waals surface area contributed by atoms with E-state index in [1.165, 1.54) is 18.2 Å². The second-order valence-electron chi connectivity index (χ2n) is 10.7. The lowest BCUT2D eigenvalue weighted by molar-refractivity contribution is -0.137. The molecule has 7 heteroatoms. The minimum Gasteiger partial charge on any atom is -0.507 e. The van der Waals surface area contributed by atoms with Crippen LogP contribution in [-0.2, 0) is 19.3 Å². The van der Waals surface area contributed by atoms with Crippen LogP contribution in [0.4, 0.5) is 13.2 Å². The first-order valence-electron chi connectivity index (χ1n) is 14.0. The number of phenols is 2. The monoisotopic (exact) mass is 560 g/mol. The number of alkyl halides is 3. The van der Waals surface area contributed by atoms with Gasteiger partial charge in [0.15, 0.2) is 0 Å². The lowest BCUT2D eigenvalue weighted by atomic mass is 9.89. The van der Waals surface area contributed by atoms with E-state index in [0.29, 0.717) is 18.7 Å². The highest BCUT2D eigenvalue weighted by Crippen LogP contribution is 2.41. The summed E-state index contributed by atoms with van der Waals surface area (Å²) < 4.78 is 40.9. The van der Waals surface area contributed by atoms with Gasteiger partial charge in [-0.05, 0) is 42.5 Å². The highest BCUT2D eigenvalue weighted by atomic mass is 19.4. The zero-order chi connectivity index (χ0) is 29.0. The Morgan fingerprint density at radius 1 is 0.634 bits per heavy atom. The van der Waals surface area contributed by atoms with Crippen molar-refractivity contribution >= 4 is 0 Å². The molecule has 0 aliphatic heterocycles. The molecule has 4 N–H and O–H groups in total. The maximum absolute atomic E-state index is 13.6. The summed E-state index contributed by atoms with van der Waals surface area (Å²) in [6.45, 7) is 2.86. The van der Waals surface area contributed by atoms with Gasteiger partial charge in [-0.25, -0.2) is 0 Å². The van der Waals surface area contributed by atoms with Crippen LogP contribution in [-0.4, -0.2) is 22.3 Å². The van der Waals surface area contributed by atoms with Gasteiger partial charge < -0.3 is 20.8 Å². The Kier molecular flexibility index (Phi) is 8.66. The topological polar surface area (TPSA) is 64.5 Å². The van der Waals surface area contributed by atoms with E-state index in [0.717, 1.165) is 54.0 Å². The summed E-state index contributed by atoms with van der Waals surface area (Å²) in [6, 6.07) is 24.3. The van der Waals surface area contributed by atoms with Crippen molar-refractivity contribution in [2.45, 2.75) is 64.0 Å². The van der Waals surface area contributed by atoms with E-state index < -0.39 is 11.7 Å². The first kappa shape index (κ1) is 28.7. The number of phenolic OH excluding ortho intramolecular Hbond substituents is 2. The third kappa shape index (κ3) is 6.42. The van der Waals surface area contributed by atoms with E-state index in [1.807, 2.05) is 49.4 Å². The van der Waals surface area contributed by atoms with Gasteiger partial charge >= 0.3 is 6.18 Å². The normalized spacial score (nSPS) is 17.5. The van der Waals surface area contributed by atoms with Crippen LogP contribution in [0.5, 0.6) is 11.5 Å². The van der Waals surface area contributed by atoms with Crippen LogP contribution in [0, 0.1) is 6.92 Å². The van der Waals surface area contributed by atoms with Crippen LogP contribution in [0.15, 0.2) is 84.9 Å². The van der Waals surface area contributed by atoms with E-state index in [1.54, 1.807) is 18.2 Å². The van der Waals surface area contributed by atoms with E-state index in [4.69, 9.17) is 0 Å². The Morgan fingerprint density at radius 2 is 1.10 bits per heavy atom. The molecule has 2 atom stereocenters. The Balaban J connectivity index is 1.29. The number of nitrogens with one attached hydrogen (secondary N) is 2. The molecule has 1 unspecified atom stereocenters. The molecule has 0 amide bonds. The highest BCUT2D eigenvalue weighted by Gasteiger charge is 2.34. The Hall–Kier alpha value is -3.81. The number of hydrogen-bond acceptors (Lipinski definition) is 4. The average molecular weight is 561 g/mol. The van der Waals surface area contributed by atoms with Gasteiger partial charge in [0.1, 0.15) is 11.5 Å². The van der Waals surface area contributed by atoms with E-state index in [9.17, 15) is 23.4 Å². The fourth-order valence-corrected chi connectivity index (χ4v) is 5.84. The SMILES string of the molecule is Cc1ccccc1-c1cccc(CNC2CCCC[C@@H]2NCc2cccc(-c3ccccc3C(F)(F)F)c2O)c1O. The van der Waals surface area contributed by atoms with Crippen LogP contribution in [0.3, 0.4) is 0 Å². The zero-order valence-electron chi connectivity index (χ0n) is 23.0. The molecule has 0 radical (unpaired) electrons. The van der Waals surface area contributed by atoms with Crippen molar-refractivity contribution in [2.24, 2.45) is 0 Å². The molecule has 41 heavy (non-hydrogen) atoms. The third-order valence-corrected chi connectivity index (χ3v) is 8.07. The molecular weight excluding hydrogens is 525 g/mol. The van der Waals surface area contributed by atoms with Crippen molar-refractivity contribution < 1.29 is 23.4 Å². The van der Waals surface area contributed by atoms with Crippen LogP contribution < -0.4 is 10.6 Å². The molecule has 1 aliphatic carbocycles. The quantitative estimate of drug-likeness (QED) is 0.177. The molecule has 0 heterocycles. The molecule has 4 aromatic rings. The van der Waals surface area contributed by atoms with Crippen molar-refractivity contribution in [3.8, 4) is 33.8 Å². The first-order chi connectivity index (χ1) is 19.7. The number of aryl methyl sites for hydroxylation is 1. The van der Waals surface area contributed by atoms with E-state index >= 15 is 0 Å². The predicted octanol–water partition coefficient (Wildman–Crippen LogP) is 7.95. The zero-order valence-corrected chi connectivity index (χ0v) is 23.0. The fourth-order valence-electron chi connectivity index (χ4n) is 5.84. The smallest absolute Gasteiger partial charge is 0.417 e. The van der Waals surface area contributed by atoms with Crippen molar-refractivity contribution in [2.75, 3.05) is 0 Å². The Labute approximate surface area is 238 Å². The molecule has 4 nitrogen and oxygen atoms in total. The van der Waals surface area contributed by atoms with Gasteiger partial charge in [-0.2, -0.15) is 13.2 Å². The summed E-state index contributed by atoms with van der Waals surface area (Å²) in [7, 11) is 0. The molecule has 214 valence electrons. The second kappa shape index (κ2) is 12.4. The molecule has 0 bridgehead atoms. The number of halogens is 3.